The summed E-state index contributed by atoms with van der Waals surface area (Å²) in [6.07, 6.45) is 0.199. The fourth-order valence-corrected chi connectivity index (χ4v) is 1.02. The van der Waals surface area contributed by atoms with Crippen molar-refractivity contribution in [3.05, 3.63) is 0 Å². The molecule has 14 heavy (non-hydrogen) atoms. The molecule has 0 unspecified atom stereocenters. The van der Waals surface area contributed by atoms with Crippen molar-refractivity contribution in [2.45, 2.75) is 39.3 Å². The summed E-state index contributed by atoms with van der Waals surface area (Å²) in [6.45, 7) is 8.47. The van der Waals surface area contributed by atoms with E-state index in [-0.39, 0.29) is 12.0 Å². The summed E-state index contributed by atoms with van der Waals surface area (Å²) >= 11 is 0. The second kappa shape index (κ2) is 5.32. The topological polar surface area (TPSA) is 55.6 Å². The Labute approximate surface area is 86.4 Å². The highest BCUT2D eigenvalue weighted by atomic mass is 16.5. The molecule has 0 saturated carbocycles. The molecule has 0 atom stereocenters. The van der Waals surface area contributed by atoms with Crippen LogP contribution in [0.2, 0.25) is 0 Å². The Morgan fingerprint density at radius 3 is 2.36 bits per heavy atom. The number of rotatable bonds is 5. The molecule has 0 aromatic carbocycles. The first-order valence-electron chi connectivity index (χ1n) is 4.91. The second-order valence-electron chi connectivity index (χ2n) is 4.37. The third kappa shape index (κ3) is 5.19. The summed E-state index contributed by atoms with van der Waals surface area (Å²) in [5.74, 6) is -0.0649. The van der Waals surface area contributed by atoms with Gasteiger partial charge in [-0.2, -0.15) is 0 Å². The van der Waals surface area contributed by atoms with E-state index in [1.165, 1.54) is 0 Å². The first-order chi connectivity index (χ1) is 6.25. The van der Waals surface area contributed by atoms with Crippen LogP contribution >= 0.6 is 0 Å². The molecule has 0 rings (SSSR count). The van der Waals surface area contributed by atoms with Crippen LogP contribution < -0.4 is 5.73 Å². The number of ether oxygens (including phenoxy) is 1. The molecule has 0 aromatic heterocycles. The molecule has 0 aliphatic carbocycles. The summed E-state index contributed by atoms with van der Waals surface area (Å²) < 4.78 is 5.34. The first kappa shape index (κ1) is 13.4. The minimum atomic E-state index is -0.799. The van der Waals surface area contributed by atoms with Crippen LogP contribution in [0, 0.1) is 0 Å². The molecular weight excluding hydrogens is 180 g/mol. The van der Waals surface area contributed by atoms with Crippen LogP contribution in [-0.4, -0.2) is 42.6 Å². The molecule has 4 nitrogen and oxygen atoms in total. The zero-order valence-corrected chi connectivity index (χ0v) is 9.83. The van der Waals surface area contributed by atoms with Crippen LogP contribution in [-0.2, 0) is 9.53 Å². The van der Waals surface area contributed by atoms with Crippen molar-refractivity contribution in [3.63, 3.8) is 0 Å². The van der Waals surface area contributed by atoms with Gasteiger partial charge < -0.3 is 15.4 Å². The Balaban J connectivity index is 3.86. The van der Waals surface area contributed by atoms with Gasteiger partial charge in [0.05, 0.1) is 18.2 Å². The van der Waals surface area contributed by atoms with Gasteiger partial charge >= 0.3 is 0 Å². The number of hydrogen-bond acceptors (Lipinski definition) is 3. The Bertz CT molecular complexity index is 185. The minimum absolute atomic E-state index is 0.0649. The van der Waals surface area contributed by atoms with Gasteiger partial charge in [-0.1, -0.05) is 0 Å². The van der Waals surface area contributed by atoms with Crippen molar-refractivity contribution in [3.8, 4) is 0 Å². The van der Waals surface area contributed by atoms with E-state index in [2.05, 4.69) is 0 Å². The number of carbonyl (C=O) groups excluding carboxylic acids is 1. The van der Waals surface area contributed by atoms with Crippen molar-refractivity contribution in [1.29, 1.82) is 0 Å². The van der Waals surface area contributed by atoms with E-state index in [4.69, 9.17) is 10.5 Å². The second-order valence-corrected chi connectivity index (χ2v) is 4.37. The average molecular weight is 202 g/mol. The molecule has 2 N–H and O–H groups in total. The number of nitrogens with two attached hydrogens (primary N) is 1. The number of hydrogen-bond donors (Lipinski definition) is 1. The normalized spacial score (nSPS) is 11.9. The SMILES string of the molecule is CC(C)OCCN(C)C(=O)C(C)(C)N. The summed E-state index contributed by atoms with van der Waals surface area (Å²) in [5, 5.41) is 0. The van der Waals surface area contributed by atoms with Crippen LogP contribution in [0.1, 0.15) is 27.7 Å². The van der Waals surface area contributed by atoms with Crippen molar-refractivity contribution in [2.75, 3.05) is 20.2 Å². The number of likely N-dealkylation sites (N-methyl/N-ethyl adjacent to an activating group) is 1. The molecule has 0 fully saturated rings. The Morgan fingerprint density at radius 1 is 1.50 bits per heavy atom. The van der Waals surface area contributed by atoms with E-state index < -0.39 is 5.54 Å². The molecule has 0 aliphatic heterocycles. The predicted molar refractivity (Wildman–Crippen MR) is 57.0 cm³/mol. The van der Waals surface area contributed by atoms with E-state index in [0.717, 1.165) is 0 Å². The first-order valence-corrected chi connectivity index (χ1v) is 4.91. The van der Waals surface area contributed by atoms with Crippen LogP contribution in [0.25, 0.3) is 0 Å². The van der Waals surface area contributed by atoms with Gasteiger partial charge in [-0.25, -0.2) is 0 Å². The molecular formula is C10H22N2O2. The number of carbonyl (C=O) groups is 1. The Kier molecular flexibility index (Phi) is 5.08. The van der Waals surface area contributed by atoms with Crippen molar-refractivity contribution in [2.24, 2.45) is 5.73 Å². The highest BCUT2D eigenvalue weighted by Gasteiger charge is 2.25. The van der Waals surface area contributed by atoms with Crippen LogP contribution in [0.3, 0.4) is 0 Å². The lowest BCUT2D eigenvalue weighted by atomic mass is 10.1. The molecule has 84 valence electrons. The monoisotopic (exact) mass is 202 g/mol. The maximum absolute atomic E-state index is 11.6. The van der Waals surface area contributed by atoms with E-state index in [1.54, 1.807) is 25.8 Å². The van der Waals surface area contributed by atoms with Crippen LogP contribution in [0.4, 0.5) is 0 Å². The molecule has 4 heteroatoms. The molecule has 1 amide bonds. The van der Waals surface area contributed by atoms with Gasteiger partial charge in [0.2, 0.25) is 5.91 Å². The number of amides is 1. The fraction of sp³-hybridized carbons (Fsp3) is 0.900. The largest absolute Gasteiger partial charge is 0.377 e. The molecule has 0 aliphatic rings. The Hall–Kier alpha value is -0.610. The summed E-state index contributed by atoms with van der Waals surface area (Å²) in [7, 11) is 1.74. The molecule has 0 radical (unpaired) electrons. The molecule has 0 spiro atoms. The van der Waals surface area contributed by atoms with Crippen molar-refractivity contribution in [1.82, 2.24) is 4.90 Å². The highest BCUT2D eigenvalue weighted by Crippen LogP contribution is 2.02. The average Bonchev–Trinajstić information content (AvgIpc) is 2.00. The molecule has 0 aromatic rings. The lowest BCUT2D eigenvalue weighted by Gasteiger charge is -2.26. The summed E-state index contributed by atoms with van der Waals surface area (Å²) in [5.41, 5.74) is 4.88. The molecule has 0 saturated heterocycles. The summed E-state index contributed by atoms with van der Waals surface area (Å²) in [4.78, 5) is 13.2. The molecule has 0 bridgehead atoms. The predicted octanol–water partition coefficient (Wildman–Crippen LogP) is 0.607. The van der Waals surface area contributed by atoms with E-state index in [9.17, 15) is 4.79 Å². The van der Waals surface area contributed by atoms with E-state index in [1.807, 2.05) is 13.8 Å². The maximum atomic E-state index is 11.6. The van der Waals surface area contributed by atoms with Gasteiger partial charge in [-0.3, -0.25) is 4.79 Å². The van der Waals surface area contributed by atoms with Crippen molar-refractivity contribution >= 4 is 5.91 Å². The smallest absolute Gasteiger partial charge is 0.241 e. The van der Waals surface area contributed by atoms with E-state index >= 15 is 0 Å². The molecule has 0 heterocycles. The summed E-state index contributed by atoms with van der Waals surface area (Å²) in [6, 6.07) is 0. The number of nitrogens with zero attached hydrogens (tertiary/aromatic N) is 1. The van der Waals surface area contributed by atoms with Crippen LogP contribution in [0.5, 0.6) is 0 Å². The van der Waals surface area contributed by atoms with Gasteiger partial charge in [0.1, 0.15) is 0 Å². The van der Waals surface area contributed by atoms with Gasteiger partial charge in [0.15, 0.2) is 0 Å². The zero-order valence-electron chi connectivity index (χ0n) is 9.83. The third-order valence-corrected chi connectivity index (χ3v) is 1.78. The third-order valence-electron chi connectivity index (χ3n) is 1.78. The standard InChI is InChI=1S/C10H22N2O2/c1-8(2)14-7-6-12(5)9(13)10(3,4)11/h8H,6-7,11H2,1-5H3. The minimum Gasteiger partial charge on any atom is -0.377 e. The van der Waals surface area contributed by atoms with Crippen molar-refractivity contribution < 1.29 is 9.53 Å². The van der Waals surface area contributed by atoms with E-state index in [0.29, 0.717) is 13.2 Å². The van der Waals surface area contributed by atoms with Crippen LogP contribution in [0.15, 0.2) is 0 Å². The maximum Gasteiger partial charge on any atom is 0.241 e. The lowest BCUT2D eigenvalue weighted by molar-refractivity contribution is -0.135. The highest BCUT2D eigenvalue weighted by molar-refractivity contribution is 5.84. The quantitative estimate of drug-likeness (QED) is 0.710. The fourth-order valence-electron chi connectivity index (χ4n) is 1.02. The van der Waals surface area contributed by atoms with Gasteiger partial charge in [0, 0.05) is 13.6 Å². The lowest BCUT2D eigenvalue weighted by Crippen LogP contribution is -2.50. The zero-order chi connectivity index (χ0) is 11.4. The van der Waals surface area contributed by atoms with Gasteiger partial charge in [-0.15, -0.1) is 0 Å². The van der Waals surface area contributed by atoms with Gasteiger partial charge in [0.25, 0.3) is 0 Å². The van der Waals surface area contributed by atoms with Gasteiger partial charge in [-0.05, 0) is 27.7 Å². The Morgan fingerprint density at radius 2 is 2.00 bits per heavy atom.